The minimum absolute atomic E-state index is 0.00266. The second-order valence-corrected chi connectivity index (χ2v) is 10.4. The lowest BCUT2D eigenvalue weighted by molar-refractivity contribution is -0.386. The van der Waals surface area contributed by atoms with E-state index in [-0.39, 0.29) is 17.9 Å². The predicted molar refractivity (Wildman–Crippen MR) is 170 cm³/mol. The Morgan fingerprint density at radius 3 is 2.07 bits per heavy atom. The fourth-order valence-corrected chi connectivity index (χ4v) is 5.37. The Balaban J connectivity index is 1.30. The minimum atomic E-state index is -1.04. The molecule has 6 aromatic rings. The van der Waals surface area contributed by atoms with Crippen LogP contribution in [0.4, 0.5) is 5.69 Å². The normalized spacial score (nSPS) is 11.7. The lowest BCUT2D eigenvalue weighted by atomic mass is 9.96. The molecule has 0 aliphatic carbocycles. The number of nitrogens with zero attached hydrogens (tertiary/aromatic N) is 1. The number of nitro groups is 1. The molecule has 7 heteroatoms. The van der Waals surface area contributed by atoms with E-state index in [0.717, 1.165) is 44.5 Å². The molecule has 0 bridgehead atoms. The van der Waals surface area contributed by atoms with Gasteiger partial charge in [-0.3, -0.25) is 10.1 Å². The number of methoxy groups -OCH3 is 1. The van der Waals surface area contributed by atoms with E-state index in [1.807, 2.05) is 91.0 Å². The molecule has 0 N–H and O–H groups in total. The van der Waals surface area contributed by atoms with Crippen molar-refractivity contribution in [3.63, 3.8) is 0 Å². The number of nitro benzene ring substituents is 1. The summed E-state index contributed by atoms with van der Waals surface area (Å²) < 4.78 is 17.1. The lowest BCUT2D eigenvalue weighted by Crippen LogP contribution is -2.31. The van der Waals surface area contributed by atoms with Crippen LogP contribution in [0.25, 0.3) is 33.2 Å². The van der Waals surface area contributed by atoms with Gasteiger partial charge < -0.3 is 13.9 Å². The molecule has 0 radical (unpaired) electrons. The van der Waals surface area contributed by atoms with Gasteiger partial charge in [0.2, 0.25) is 0 Å². The number of furan rings is 1. The smallest absolute Gasteiger partial charge is 0.347 e. The summed E-state index contributed by atoms with van der Waals surface area (Å²) >= 11 is 0. The van der Waals surface area contributed by atoms with Crippen molar-refractivity contribution in [3.05, 3.63) is 154 Å². The van der Waals surface area contributed by atoms with Crippen LogP contribution in [0.1, 0.15) is 16.9 Å². The van der Waals surface area contributed by atoms with Crippen molar-refractivity contribution in [1.82, 2.24) is 0 Å². The third-order valence-electron chi connectivity index (χ3n) is 7.54. The maximum absolute atomic E-state index is 12.5. The summed E-state index contributed by atoms with van der Waals surface area (Å²) in [6.07, 6.45) is -0.180. The largest absolute Gasteiger partial charge is 0.471 e. The van der Waals surface area contributed by atoms with Gasteiger partial charge in [-0.05, 0) is 39.9 Å². The Hall–Kier alpha value is -5.69. The summed E-state index contributed by atoms with van der Waals surface area (Å²) in [6.45, 7) is 0. The quantitative estimate of drug-likeness (QED) is 0.0913. The Bertz CT molecular complexity index is 1910. The molecule has 0 unspecified atom stereocenters. The van der Waals surface area contributed by atoms with Crippen molar-refractivity contribution < 1.29 is 23.6 Å². The highest BCUT2D eigenvalue weighted by Gasteiger charge is 2.26. The zero-order valence-corrected chi connectivity index (χ0v) is 24.0. The van der Waals surface area contributed by atoms with Gasteiger partial charge in [0.05, 0.1) is 12.0 Å². The van der Waals surface area contributed by atoms with Crippen molar-refractivity contribution in [2.45, 2.75) is 18.9 Å². The highest BCUT2D eigenvalue weighted by molar-refractivity contribution is 5.96. The van der Waals surface area contributed by atoms with Crippen molar-refractivity contribution in [2.75, 3.05) is 7.11 Å². The molecule has 1 heterocycles. The zero-order chi connectivity index (χ0) is 30.5. The summed E-state index contributed by atoms with van der Waals surface area (Å²) in [5.41, 5.74) is 6.04. The SMILES string of the molecule is COC(=O)[C@@H](Cc1ccccc1)Oc1ccc(-c2ccc(-c3c(Cc4ccccc4)oc4ccccc34)cc2)cc1[N+](=O)[O-]. The number of hydrogen-bond acceptors (Lipinski definition) is 6. The molecule has 218 valence electrons. The Morgan fingerprint density at radius 1 is 0.773 bits per heavy atom. The first kappa shape index (κ1) is 28.4. The van der Waals surface area contributed by atoms with Crippen molar-refractivity contribution >= 4 is 22.6 Å². The van der Waals surface area contributed by atoms with Crippen LogP contribution in [-0.4, -0.2) is 24.1 Å². The topological polar surface area (TPSA) is 91.8 Å². The first-order valence-corrected chi connectivity index (χ1v) is 14.2. The molecular formula is C37H29NO6. The molecule has 0 saturated carbocycles. The molecule has 7 nitrogen and oxygen atoms in total. The lowest BCUT2D eigenvalue weighted by Gasteiger charge is -2.17. The number of hydrogen-bond donors (Lipinski definition) is 0. The van der Waals surface area contributed by atoms with Crippen LogP contribution in [0.3, 0.4) is 0 Å². The van der Waals surface area contributed by atoms with E-state index in [0.29, 0.717) is 12.0 Å². The molecular weight excluding hydrogens is 554 g/mol. The van der Waals surface area contributed by atoms with Gasteiger partial charge >= 0.3 is 11.7 Å². The fourth-order valence-electron chi connectivity index (χ4n) is 5.37. The average molecular weight is 584 g/mol. The molecule has 0 spiro atoms. The van der Waals surface area contributed by atoms with Crippen molar-refractivity contribution in [3.8, 4) is 28.0 Å². The van der Waals surface area contributed by atoms with Crippen LogP contribution in [0.2, 0.25) is 0 Å². The van der Waals surface area contributed by atoms with E-state index in [2.05, 4.69) is 18.2 Å². The number of rotatable bonds is 10. The van der Waals surface area contributed by atoms with Crippen molar-refractivity contribution in [2.24, 2.45) is 0 Å². The van der Waals surface area contributed by atoms with E-state index in [9.17, 15) is 14.9 Å². The van der Waals surface area contributed by atoms with Crippen LogP contribution < -0.4 is 4.74 Å². The second-order valence-electron chi connectivity index (χ2n) is 10.4. The summed E-state index contributed by atoms with van der Waals surface area (Å²) in [6, 6.07) is 40.1. The number of fused-ring (bicyclic) bond motifs is 1. The third kappa shape index (κ3) is 6.08. The van der Waals surface area contributed by atoms with Gasteiger partial charge in [0.25, 0.3) is 0 Å². The maximum atomic E-state index is 12.5. The number of esters is 1. The molecule has 44 heavy (non-hydrogen) atoms. The van der Waals surface area contributed by atoms with Crippen molar-refractivity contribution in [1.29, 1.82) is 0 Å². The Labute approximate surface area is 254 Å². The fraction of sp³-hybridized carbons (Fsp3) is 0.108. The van der Waals surface area contributed by atoms with E-state index in [1.54, 1.807) is 6.07 Å². The second kappa shape index (κ2) is 12.7. The van der Waals surface area contributed by atoms with Gasteiger partial charge in [-0.15, -0.1) is 0 Å². The molecule has 0 aliphatic rings. The van der Waals surface area contributed by atoms with Crippen LogP contribution in [0.15, 0.2) is 132 Å². The molecule has 6 rings (SSSR count). The molecule has 0 amide bonds. The van der Waals surface area contributed by atoms with Gasteiger partial charge in [-0.1, -0.05) is 109 Å². The first-order chi connectivity index (χ1) is 21.5. The standard InChI is InChI=1S/C37H29NO6/c1-42-37(39)35(23-26-12-6-3-7-13-26)44-33-21-20-29(24-31(33)38(40)41)27-16-18-28(19-17-27)36-30-14-8-9-15-32(30)43-34(36)22-25-10-4-2-5-11-25/h2-21,24,35H,22-23H2,1H3/t35-/m1/s1. The highest BCUT2D eigenvalue weighted by Crippen LogP contribution is 2.38. The zero-order valence-electron chi connectivity index (χ0n) is 24.0. The monoisotopic (exact) mass is 583 g/mol. The van der Waals surface area contributed by atoms with E-state index >= 15 is 0 Å². The number of para-hydroxylation sites is 1. The summed E-state index contributed by atoms with van der Waals surface area (Å²) in [4.78, 5) is 24.1. The number of ether oxygens (including phenoxy) is 2. The van der Waals surface area contributed by atoms with E-state index < -0.39 is 17.0 Å². The molecule has 0 fully saturated rings. The van der Waals surface area contributed by atoms with Gasteiger partial charge in [-0.25, -0.2) is 4.79 Å². The Kier molecular flexibility index (Phi) is 8.19. The number of carbonyl (C=O) groups is 1. The third-order valence-corrected chi connectivity index (χ3v) is 7.54. The summed E-state index contributed by atoms with van der Waals surface area (Å²) in [5.74, 6) is 0.260. The van der Waals surface area contributed by atoms with Gasteiger partial charge in [-0.2, -0.15) is 0 Å². The molecule has 1 aromatic heterocycles. The average Bonchev–Trinajstić information content (AvgIpc) is 3.42. The molecule has 0 aliphatic heterocycles. The van der Waals surface area contributed by atoms with Crippen LogP contribution in [-0.2, 0) is 22.4 Å². The number of carbonyl (C=O) groups excluding carboxylic acids is 1. The Morgan fingerprint density at radius 2 is 1.39 bits per heavy atom. The van der Waals surface area contributed by atoms with Crippen LogP contribution >= 0.6 is 0 Å². The van der Waals surface area contributed by atoms with Crippen LogP contribution in [0, 0.1) is 10.1 Å². The van der Waals surface area contributed by atoms with Gasteiger partial charge in [0, 0.05) is 29.9 Å². The van der Waals surface area contributed by atoms with E-state index in [1.165, 1.54) is 19.2 Å². The van der Waals surface area contributed by atoms with Crippen LogP contribution in [0.5, 0.6) is 5.75 Å². The van der Waals surface area contributed by atoms with Gasteiger partial charge in [0.15, 0.2) is 11.9 Å². The molecule has 0 saturated heterocycles. The summed E-state index contributed by atoms with van der Waals surface area (Å²) in [7, 11) is 1.27. The molecule has 1 atom stereocenters. The predicted octanol–water partition coefficient (Wildman–Crippen LogP) is 8.43. The first-order valence-electron chi connectivity index (χ1n) is 14.2. The van der Waals surface area contributed by atoms with Gasteiger partial charge in [0.1, 0.15) is 11.3 Å². The highest BCUT2D eigenvalue weighted by atomic mass is 16.6. The minimum Gasteiger partial charge on any atom is -0.471 e. The maximum Gasteiger partial charge on any atom is 0.347 e. The summed E-state index contributed by atoms with van der Waals surface area (Å²) in [5, 5.41) is 13.1. The molecule has 5 aromatic carbocycles. The van der Waals surface area contributed by atoms with E-state index in [4.69, 9.17) is 13.9 Å². The number of benzene rings is 5.